The molecular formula is C12H13Br2N3S. The average Bonchev–Trinajstić information content (AvgIpc) is 2.70. The van der Waals surface area contributed by atoms with E-state index in [4.69, 9.17) is 0 Å². The summed E-state index contributed by atoms with van der Waals surface area (Å²) in [6.45, 7) is 4.17. The third kappa shape index (κ3) is 2.82. The van der Waals surface area contributed by atoms with E-state index in [0.29, 0.717) is 6.04 Å². The van der Waals surface area contributed by atoms with Gasteiger partial charge in [0.25, 0.3) is 0 Å². The predicted octanol–water partition coefficient (Wildman–Crippen LogP) is 4.32. The lowest BCUT2D eigenvalue weighted by molar-refractivity contribution is 0.658. The van der Waals surface area contributed by atoms with E-state index in [-0.39, 0.29) is 0 Å². The fraction of sp³-hybridized carbons (Fsp3) is 0.333. The van der Waals surface area contributed by atoms with Crippen molar-refractivity contribution in [1.82, 2.24) is 15.3 Å². The summed E-state index contributed by atoms with van der Waals surface area (Å²) in [5.74, 6) is 0. The van der Waals surface area contributed by atoms with Crippen molar-refractivity contribution in [3.8, 4) is 10.7 Å². The molecule has 96 valence electrons. The zero-order valence-corrected chi connectivity index (χ0v) is 14.3. The fourth-order valence-electron chi connectivity index (χ4n) is 1.61. The van der Waals surface area contributed by atoms with Gasteiger partial charge in [-0.15, -0.1) is 11.3 Å². The summed E-state index contributed by atoms with van der Waals surface area (Å²) in [6.07, 6.45) is 1.79. The zero-order valence-electron chi connectivity index (χ0n) is 10.3. The third-order valence-corrected chi connectivity index (χ3v) is 5.05. The Bertz CT molecular complexity index is 568. The summed E-state index contributed by atoms with van der Waals surface area (Å²) in [5.41, 5.74) is 1.95. The van der Waals surface area contributed by atoms with Gasteiger partial charge in [0.05, 0.1) is 5.69 Å². The molecule has 0 radical (unpaired) electrons. The molecule has 2 rings (SSSR count). The van der Waals surface area contributed by atoms with Crippen LogP contribution in [-0.2, 0) is 0 Å². The Morgan fingerprint density at radius 3 is 2.72 bits per heavy atom. The molecule has 2 heterocycles. The maximum atomic E-state index is 4.61. The number of aromatic nitrogens is 2. The lowest BCUT2D eigenvalue weighted by Gasteiger charge is -2.07. The van der Waals surface area contributed by atoms with E-state index in [0.717, 1.165) is 25.3 Å². The van der Waals surface area contributed by atoms with Crippen LogP contribution in [0.15, 0.2) is 21.2 Å². The van der Waals surface area contributed by atoms with Crippen molar-refractivity contribution >= 4 is 43.2 Å². The number of halogens is 2. The first-order chi connectivity index (χ1) is 8.52. The van der Waals surface area contributed by atoms with Crippen LogP contribution in [0.25, 0.3) is 10.7 Å². The van der Waals surface area contributed by atoms with Crippen molar-refractivity contribution in [2.24, 2.45) is 0 Å². The molecule has 0 aromatic carbocycles. The van der Waals surface area contributed by atoms with Crippen LogP contribution in [0.3, 0.4) is 0 Å². The van der Waals surface area contributed by atoms with Crippen LogP contribution in [-0.4, -0.2) is 17.0 Å². The van der Waals surface area contributed by atoms with Crippen LogP contribution in [0.5, 0.6) is 0 Å². The summed E-state index contributed by atoms with van der Waals surface area (Å²) in [5, 5.41) is 4.19. The molecule has 0 fully saturated rings. The van der Waals surface area contributed by atoms with Crippen molar-refractivity contribution < 1.29 is 0 Å². The number of rotatable bonds is 3. The van der Waals surface area contributed by atoms with E-state index in [1.54, 1.807) is 17.5 Å². The van der Waals surface area contributed by atoms with Crippen molar-refractivity contribution in [2.75, 3.05) is 7.05 Å². The summed E-state index contributed by atoms with van der Waals surface area (Å²) < 4.78 is 1.91. The summed E-state index contributed by atoms with van der Waals surface area (Å²) in [4.78, 5) is 10.3. The Morgan fingerprint density at radius 2 is 2.11 bits per heavy atom. The molecule has 0 spiro atoms. The molecule has 1 unspecified atom stereocenters. The maximum absolute atomic E-state index is 4.61. The van der Waals surface area contributed by atoms with Gasteiger partial charge in [0, 0.05) is 26.1 Å². The molecule has 0 aliphatic carbocycles. The van der Waals surface area contributed by atoms with E-state index in [1.165, 1.54) is 4.88 Å². The Hall–Kier alpha value is -0.300. The first-order valence-corrected chi connectivity index (χ1v) is 7.89. The first kappa shape index (κ1) is 14.1. The maximum Gasteiger partial charge on any atom is 0.143 e. The highest BCUT2D eigenvalue weighted by Crippen LogP contribution is 2.34. The smallest absolute Gasteiger partial charge is 0.143 e. The Balaban J connectivity index is 2.45. The molecule has 2 aromatic heterocycles. The van der Waals surface area contributed by atoms with Crippen LogP contribution >= 0.6 is 43.2 Å². The second kappa shape index (κ2) is 5.77. The standard InChI is InChI=1S/C12H13Br2N3S/c1-6(15-3)11-7(2)17-12(18-11)10-9(14)4-8(13)5-16-10/h4-6,15H,1-3H3. The molecule has 6 heteroatoms. The average molecular weight is 391 g/mol. The van der Waals surface area contributed by atoms with Crippen LogP contribution < -0.4 is 5.32 Å². The van der Waals surface area contributed by atoms with Crippen molar-refractivity contribution in [3.63, 3.8) is 0 Å². The second-order valence-electron chi connectivity index (χ2n) is 3.96. The van der Waals surface area contributed by atoms with Crippen molar-refractivity contribution in [2.45, 2.75) is 19.9 Å². The minimum atomic E-state index is 0.311. The van der Waals surface area contributed by atoms with Gasteiger partial charge in [-0.05, 0) is 58.8 Å². The number of nitrogens with one attached hydrogen (secondary N) is 1. The SMILES string of the molecule is CNC(C)c1sc(-c2ncc(Br)cc2Br)nc1C. The van der Waals surface area contributed by atoms with Gasteiger partial charge in [-0.3, -0.25) is 4.98 Å². The van der Waals surface area contributed by atoms with Gasteiger partial charge < -0.3 is 5.32 Å². The Labute approximate surface area is 127 Å². The van der Waals surface area contributed by atoms with Gasteiger partial charge in [-0.25, -0.2) is 4.98 Å². The summed E-state index contributed by atoms with van der Waals surface area (Å²) >= 11 is 8.62. The van der Waals surface area contributed by atoms with Crippen molar-refractivity contribution in [1.29, 1.82) is 0 Å². The molecule has 0 amide bonds. The van der Waals surface area contributed by atoms with E-state index in [9.17, 15) is 0 Å². The van der Waals surface area contributed by atoms with Gasteiger partial charge in [-0.2, -0.15) is 0 Å². The van der Waals surface area contributed by atoms with Crippen LogP contribution in [0.1, 0.15) is 23.5 Å². The van der Waals surface area contributed by atoms with Crippen LogP contribution in [0.2, 0.25) is 0 Å². The minimum absolute atomic E-state index is 0.311. The van der Waals surface area contributed by atoms with Crippen LogP contribution in [0, 0.1) is 6.92 Å². The van der Waals surface area contributed by atoms with Gasteiger partial charge in [0.1, 0.15) is 10.7 Å². The molecule has 18 heavy (non-hydrogen) atoms. The normalized spacial score (nSPS) is 12.7. The quantitative estimate of drug-likeness (QED) is 0.847. The number of aryl methyl sites for hydroxylation is 1. The lowest BCUT2D eigenvalue weighted by Crippen LogP contribution is -2.11. The summed E-state index contributed by atoms with van der Waals surface area (Å²) in [7, 11) is 1.96. The molecule has 1 N–H and O–H groups in total. The number of pyridine rings is 1. The number of hydrogen-bond donors (Lipinski definition) is 1. The largest absolute Gasteiger partial charge is 0.312 e. The molecule has 3 nitrogen and oxygen atoms in total. The molecule has 0 saturated heterocycles. The topological polar surface area (TPSA) is 37.8 Å². The zero-order chi connectivity index (χ0) is 13.3. The number of nitrogens with zero attached hydrogens (tertiary/aromatic N) is 2. The van der Waals surface area contributed by atoms with Gasteiger partial charge in [0.2, 0.25) is 0 Å². The Kier molecular flexibility index (Phi) is 4.53. The van der Waals surface area contributed by atoms with Gasteiger partial charge in [0.15, 0.2) is 0 Å². The van der Waals surface area contributed by atoms with E-state index >= 15 is 0 Å². The predicted molar refractivity (Wildman–Crippen MR) is 83.0 cm³/mol. The molecule has 0 bridgehead atoms. The third-order valence-electron chi connectivity index (χ3n) is 2.67. The Morgan fingerprint density at radius 1 is 1.39 bits per heavy atom. The summed E-state index contributed by atoms with van der Waals surface area (Å²) in [6, 6.07) is 2.30. The fourth-order valence-corrected chi connectivity index (χ4v) is 4.06. The van der Waals surface area contributed by atoms with E-state index < -0.39 is 0 Å². The van der Waals surface area contributed by atoms with E-state index in [2.05, 4.69) is 54.1 Å². The molecule has 0 saturated carbocycles. The highest BCUT2D eigenvalue weighted by atomic mass is 79.9. The highest BCUT2D eigenvalue weighted by molar-refractivity contribution is 9.11. The van der Waals surface area contributed by atoms with Crippen molar-refractivity contribution in [3.05, 3.63) is 31.8 Å². The van der Waals surface area contributed by atoms with Gasteiger partial charge >= 0.3 is 0 Å². The van der Waals surface area contributed by atoms with Crippen LogP contribution in [0.4, 0.5) is 0 Å². The highest BCUT2D eigenvalue weighted by Gasteiger charge is 2.16. The lowest BCUT2D eigenvalue weighted by atomic mass is 10.2. The van der Waals surface area contributed by atoms with Gasteiger partial charge in [-0.1, -0.05) is 0 Å². The monoisotopic (exact) mass is 389 g/mol. The number of thiazole rings is 1. The molecule has 0 aliphatic rings. The minimum Gasteiger partial charge on any atom is -0.312 e. The molecule has 1 atom stereocenters. The van der Waals surface area contributed by atoms with E-state index in [1.807, 2.05) is 20.0 Å². The second-order valence-corrected chi connectivity index (χ2v) is 6.76. The number of hydrogen-bond acceptors (Lipinski definition) is 4. The first-order valence-electron chi connectivity index (χ1n) is 5.49. The molecule has 0 aliphatic heterocycles. The molecule has 2 aromatic rings. The molecular weight excluding hydrogens is 378 g/mol.